The fraction of sp³-hybridized carbons (Fsp3) is 0.438. The van der Waals surface area contributed by atoms with Crippen molar-refractivity contribution in [2.24, 2.45) is 5.10 Å². The number of thioether (sulfide) groups is 1. The third kappa shape index (κ3) is 3.21. The van der Waals surface area contributed by atoms with Crippen molar-refractivity contribution in [3.05, 3.63) is 41.0 Å². The first-order valence-corrected chi connectivity index (χ1v) is 7.84. The molecular formula is C16H22N2S. The summed E-state index contributed by atoms with van der Waals surface area (Å²) in [6.07, 6.45) is 4.37. The van der Waals surface area contributed by atoms with E-state index in [4.69, 9.17) is 5.10 Å². The van der Waals surface area contributed by atoms with Gasteiger partial charge in [-0.2, -0.15) is 5.10 Å². The quantitative estimate of drug-likeness (QED) is 0.790. The van der Waals surface area contributed by atoms with Crippen molar-refractivity contribution < 1.29 is 0 Å². The molecule has 0 fully saturated rings. The second kappa shape index (κ2) is 6.29. The van der Waals surface area contributed by atoms with Crippen molar-refractivity contribution in [2.75, 3.05) is 12.4 Å². The summed E-state index contributed by atoms with van der Waals surface area (Å²) < 4.78 is 0. The van der Waals surface area contributed by atoms with Crippen LogP contribution in [0.1, 0.15) is 42.0 Å². The Bertz CT molecular complexity index is 482. The van der Waals surface area contributed by atoms with Crippen LogP contribution in [0.5, 0.6) is 0 Å². The van der Waals surface area contributed by atoms with Crippen molar-refractivity contribution >= 4 is 22.9 Å². The summed E-state index contributed by atoms with van der Waals surface area (Å²) >= 11 is 1.83. The highest BCUT2D eigenvalue weighted by Gasteiger charge is 2.17. The van der Waals surface area contributed by atoms with E-state index in [0.717, 1.165) is 17.5 Å². The maximum atomic E-state index is 4.72. The summed E-state index contributed by atoms with van der Waals surface area (Å²) in [6.45, 7) is 11.4. The molecule has 1 aliphatic rings. The second-order valence-electron chi connectivity index (χ2n) is 4.99. The first-order chi connectivity index (χ1) is 9.15. The molecule has 0 bridgehead atoms. The van der Waals surface area contributed by atoms with Gasteiger partial charge in [0.05, 0.1) is 5.88 Å². The smallest absolute Gasteiger partial charge is 0.125 e. The van der Waals surface area contributed by atoms with Crippen LogP contribution in [-0.4, -0.2) is 22.5 Å². The van der Waals surface area contributed by atoms with Gasteiger partial charge in [0.15, 0.2) is 0 Å². The SMILES string of the molecule is C=Cc1c(C)cc(C2=NN(CCCC)CS2)cc1C. The Morgan fingerprint density at radius 3 is 2.63 bits per heavy atom. The van der Waals surface area contributed by atoms with Gasteiger partial charge in [-0.1, -0.05) is 37.8 Å². The van der Waals surface area contributed by atoms with Crippen LogP contribution in [0, 0.1) is 13.8 Å². The first-order valence-electron chi connectivity index (χ1n) is 6.86. The minimum Gasteiger partial charge on any atom is -0.286 e. The van der Waals surface area contributed by atoms with Gasteiger partial charge >= 0.3 is 0 Å². The fourth-order valence-corrected chi connectivity index (χ4v) is 3.25. The predicted molar refractivity (Wildman–Crippen MR) is 86.6 cm³/mol. The van der Waals surface area contributed by atoms with E-state index in [2.05, 4.69) is 44.5 Å². The van der Waals surface area contributed by atoms with Gasteiger partial charge in [-0.3, -0.25) is 5.01 Å². The molecule has 0 radical (unpaired) electrons. The average Bonchev–Trinajstić information content (AvgIpc) is 2.84. The lowest BCUT2D eigenvalue weighted by atomic mass is 10.00. The molecule has 0 saturated carbocycles. The van der Waals surface area contributed by atoms with Gasteiger partial charge in [-0.05, 0) is 49.1 Å². The van der Waals surface area contributed by atoms with Crippen LogP contribution in [0.25, 0.3) is 6.08 Å². The van der Waals surface area contributed by atoms with Crippen LogP contribution in [-0.2, 0) is 0 Å². The number of nitrogens with zero attached hydrogens (tertiary/aromatic N) is 2. The summed E-state index contributed by atoms with van der Waals surface area (Å²) in [5.74, 6) is 0.983. The number of hydrogen-bond acceptors (Lipinski definition) is 3. The number of aryl methyl sites for hydroxylation is 2. The zero-order valence-corrected chi connectivity index (χ0v) is 12.9. The molecule has 0 saturated heterocycles. The number of rotatable bonds is 5. The first kappa shape index (κ1) is 14.2. The molecule has 2 nitrogen and oxygen atoms in total. The highest BCUT2D eigenvalue weighted by atomic mass is 32.2. The molecule has 19 heavy (non-hydrogen) atoms. The molecule has 0 N–H and O–H groups in total. The van der Waals surface area contributed by atoms with Gasteiger partial charge in [0.1, 0.15) is 5.04 Å². The van der Waals surface area contributed by atoms with Crippen LogP contribution in [0.15, 0.2) is 23.8 Å². The van der Waals surface area contributed by atoms with Crippen LogP contribution < -0.4 is 0 Å². The van der Waals surface area contributed by atoms with E-state index in [1.807, 2.05) is 17.8 Å². The van der Waals surface area contributed by atoms with Crippen LogP contribution in [0.2, 0.25) is 0 Å². The standard InChI is InChI=1S/C16H22N2S/c1-5-7-8-18-11-19-16(17-18)14-9-12(3)15(6-2)13(4)10-14/h6,9-10H,2,5,7-8,11H2,1,3-4H3. The molecule has 1 heterocycles. The van der Waals surface area contributed by atoms with Crippen LogP contribution >= 0.6 is 11.8 Å². The summed E-state index contributed by atoms with van der Waals surface area (Å²) in [4.78, 5) is 0. The summed E-state index contributed by atoms with van der Waals surface area (Å²) in [6, 6.07) is 4.44. The maximum Gasteiger partial charge on any atom is 0.125 e. The van der Waals surface area contributed by atoms with Crippen molar-refractivity contribution in [2.45, 2.75) is 33.6 Å². The lowest BCUT2D eigenvalue weighted by Gasteiger charge is -2.10. The minimum atomic E-state index is 0.983. The molecule has 1 aliphatic heterocycles. The minimum absolute atomic E-state index is 0.983. The lowest BCUT2D eigenvalue weighted by Crippen LogP contribution is -2.13. The van der Waals surface area contributed by atoms with Crippen molar-refractivity contribution in [3.63, 3.8) is 0 Å². The fourth-order valence-electron chi connectivity index (χ4n) is 2.34. The summed E-state index contributed by atoms with van der Waals surface area (Å²) in [7, 11) is 0. The molecule has 0 spiro atoms. The van der Waals surface area contributed by atoms with E-state index < -0.39 is 0 Å². The largest absolute Gasteiger partial charge is 0.286 e. The van der Waals surface area contributed by atoms with Crippen molar-refractivity contribution in [3.8, 4) is 0 Å². The molecule has 0 aromatic heterocycles. The summed E-state index contributed by atoms with van der Waals surface area (Å²) in [5, 5.41) is 8.05. The Kier molecular flexibility index (Phi) is 4.70. The van der Waals surface area contributed by atoms with E-state index in [9.17, 15) is 0 Å². The van der Waals surface area contributed by atoms with Gasteiger partial charge in [-0.15, -0.1) is 0 Å². The van der Waals surface area contributed by atoms with Gasteiger partial charge in [0.2, 0.25) is 0 Å². The van der Waals surface area contributed by atoms with Crippen LogP contribution in [0.4, 0.5) is 0 Å². The van der Waals surface area contributed by atoms with E-state index in [-0.39, 0.29) is 0 Å². The molecule has 0 atom stereocenters. The Hall–Kier alpha value is -1.22. The third-order valence-electron chi connectivity index (χ3n) is 3.40. The molecule has 0 aliphatic carbocycles. The molecule has 1 aromatic rings. The summed E-state index contributed by atoms with van der Waals surface area (Å²) in [5.41, 5.74) is 5.04. The van der Waals surface area contributed by atoms with Crippen LogP contribution in [0.3, 0.4) is 0 Å². The van der Waals surface area contributed by atoms with Gasteiger partial charge in [0, 0.05) is 12.1 Å². The molecule has 1 aromatic carbocycles. The number of hydrogen-bond donors (Lipinski definition) is 0. The third-order valence-corrected chi connectivity index (χ3v) is 4.42. The lowest BCUT2D eigenvalue weighted by molar-refractivity contribution is 0.340. The van der Waals surface area contributed by atoms with E-state index in [0.29, 0.717) is 0 Å². The van der Waals surface area contributed by atoms with E-state index >= 15 is 0 Å². The molecule has 0 unspecified atom stereocenters. The van der Waals surface area contributed by atoms with E-state index in [1.54, 1.807) is 0 Å². The zero-order chi connectivity index (χ0) is 13.8. The number of unbranched alkanes of at least 4 members (excludes halogenated alkanes) is 1. The zero-order valence-electron chi connectivity index (χ0n) is 12.1. The predicted octanol–water partition coefficient (Wildman–Crippen LogP) is 4.41. The highest BCUT2D eigenvalue weighted by molar-refractivity contribution is 8.14. The second-order valence-corrected chi connectivity index (χ2v) is 5.92. The normalized spacial score (nSPS) is 14.7. The average molecular weight is 274 g/mol. The molecule has 2 rings (SSSR count). The Labute approximate surface area is 120 Å². The highest BCUT2D eigenvalue weighted by Crippen LogP contribution is 2.26. The molecule has 3 heteroatoms. The number of hydrazone groups is 1. The Balaban J connectivity index is 2.21. The Morgan fingerprint density at radius 1 is 1.37 bits per heavy atom. The van der Waals surface area contributed by atoms with Crippen molar-refractivity contribution in [1.29, 1.82) is 0 Å². The molecule has 0 amide bonds. The topological polar surface area (TPSA) is 15.6 Å². The molecular weight excluding hydrogens is 252 g/mol. The van der Waals surface area contributed by atoms with E-state index in [1.165, 1.54) is 35.1 Å². The monoisotopic (exact) mass is 274 g/mol. The molecule has 102 valence electrons. The van der Waals surface area contributed by atoms with Gasteiger partial charge in [0.25, 0.3) is 0 Å². The van der Waals surface area contributed by atoms with Gasteiger partial charge in [-0.25, -0.2) is 0 Å². The van der Waals surface area contributed by atoms with Crippen molar-refractivity contribution in [1.82, 2.24) is 5.01 Å². The number of benzene rings is 1. The Morgan fingerprint density at radius 2 is 2.05 bits per heavy atom. The van der Waals surface area contributed by atoms with Gasteiger partial charge < -0.3 is 0 Å². The maximum absolute atomic E-state index is 4.72.